The molecule has 0 aliphatic carbocycles. The summed E-state index contributed by atoms with van der Waals surface area (Å²) in [5.41, 5.74) is 0. The van der Waals surface area contributed by atoms with Crippen LogP contribution in [0.25, 0.3) is 0 Å². The van der Waals surface area contributed by atoms with Crippen LogP contribution in [0.15, 0.2) is 6.08 Å². The summed E-state index contributed by atoms with van der Waals surface area (Å²) in [4.78, 5) is 12.6. The number of hydrogen-bond donors (Lipinski definition) is 2. The van der Waals surface area contributed by atoms with Gasteiger partial charge in [-0.15, -0.1) is 0 Å². The SMILES string of the molecule is [CH]=CCN1CCNC(C(=O)O)C1. The molecule has 1 atom stereocenters. The van der Waals surface area contributed by atoms with E-state index in [0.717, 1.165) is 6.54 Å². The molecule has 1 radical (unpaired) electrons. The molecular formula is C8H13N2O2. The van der Waals surface area contributed by atoms with E-state index in [0.29, 0.717) is 19.6 Å². The van der Waals surface area contributed by atoms with Crippen LogP contribution in [0.3, 0.4) is 0 Å². The number of nitrogens with one attached hydrogen (secondary N) is 1. The summed E-state index contributed by atoms with van der Waals surface area (Å²) in [6.07, 6.45) is 1.55. The zero-order valence-corrected chi connectivity index (χ0v) is 6.86. The predicted molar refractivity (Wildman–Crippen MR) is 44.7 cm³/mol. The van der Waals surface area contributed by atoms with Crippen molar-refractivity contribution in [2.24, 2.45) is 0 Å². The van der Waals surface area contributed by atoms with Crippen LogP contribution in [0.1, 0.15) is 0 Å². The molecule has 1 aliphatic rings. The molecule has 1 heterocycles. The molecule has 4 nitrogen and oxygen atoms in total. The highest BCUT2D eigenvalue weighted by Crippen LogP contribution is 1.98. The van der Waals surface area contributed by atoms with E-state index in [1.54, 1.807) is 6.08 Å². The lowest BCUT2D eigenvalue weighted by Crippen LogP contribution is -2.54. The monoisotopic (exact) mass is 169 g/mol. The number of carboxylic acid groups (broad SMARTS) is 1. The van der Waals surface area contributed by atoms with Gasteiger partial charge >= 0.3 is 5.97 Å². The maximum atomic E-state index is 10.6. The molecule has 0 saturated carbocycles. The first-order valence-electron chi connectivity index (χ1n) is 3.96. The molecule has 0 spiro atoms. The summed E-state index contributed by atoms with van der Waals surface area (Å²) >= 11 is 0. The van der Waals surface area contributed by atoms with E-state index >= 15 is 0 Å². The van der Waals surface area contributed by atoms with Gasteiger partial charge in [-0.05, 0) is 0 Å². The molecule has 0 aromatic heterocycles. The Morgan fingerprint density at radius 1 is 1.83 bits per heavy atom. The lowest BCUT2D eigenvalue weighted by Gasteiger charge is -2.30. The average Bonchev–Trinajstić information content (AvgIpc) is 2.05. The summed E-state index contributed by atoms with van der Waals surface area (Å²) in [5.74, 6) is -0.795. The molecule has 1 rings (SSSR count). The fraction of sp³-hybridized carbons (Fsp3) is 0.625. The number of hydrogen-bond acceptors (Lipinski definition) is 3. The van der Waals surface area contributed by atoms with Gasteiger partial charge in [-0.1, -0.05) is 12.7 Å². The molecule has 0 bridgehead atoms. The zero-order chi connectivity index (χ0) is 8.97. The highest BCUT2D eigenvalue weighted by molar-refractivity contribution is 5.73. The van der Waals surface area contributed by atoms with Crippen molar-refractivity contribution in [3.8, 4) is 0 Å². The molecular weight excluding hydrogens is 156 g/mol. The van der Waals surface area contributed by atoms with E-state index in [4.69, 9.17) is 11.7 Å². The fourth-order valence-corrected chi connectivity index (χ4v) is 1.29. The quantitative estimate of drug-likeness (QED) is 0.588. The van der Waals surface area contributed by atoms with Crippen molar-refractivity contribution in [3.63, 3.8) is 0 Å². The minimum Gasteiger partial charge on any atom is -0.480 e. The van der Waals surface area contributed by atoms with E-state index in [9.17, 15) is 4.79 Å². The molecule has 2 N–H and O–H groups in total. The van der Waals surface area contributed by atoms with Crippen LogP contribution in [0.4, 0.5) is 0 Å². The summed E-state index contributed by atoms with van der Waals surface area (Å²) in [6, 6.07) is -0.446. The van der Waals surface area contributed by atoms with Gasteiger partial charge in [0, 0.05) is 26.2 Å². The number of nitrogens with zero attached hydrogens (tertiary/aromatic N) is 1. The van der Waals surface area contributed by atoms with Gasteiger partial charge in [-0.3, -0.25) is 9.69 Å². The van der Waals surface area contributed by atoms with Gasteiger partial charge in [0.15, 0.2) is 0 Å². The van der Waals surface area contributed by atoms with Crippen molar-refractivity contribution in [2.45, 2.75) is 6.04 Å². The molecule has 4 heteroatoms. The Bertz CT molecular complexity index is 182. The van der Waals surface area contributed by atoms with E-state index in [-0.39, 0.29) is 0 Å². The van der Waals surface area contributed by atoms with Crippen LogP contribution in [0.2, 0.25) is 0 Å². The number of carboxylic acids is 1. The maximum absolute atomic E-state index is 10.6. The summed E-state index contributed by atoms with van der Waals surface area (Å²) in [6.45, 7) is 8.01. The molecule has 1 fully saturated rings. The Morgan fingerprint density at radius 3 is 3.17 bits per heavy atom. The molecule has 0 aromatic carbocycles. The van der Waals surface area contributed by atoms with E-state index in [1.165, 1.54) is 0 Å². The molecule has 1 saturated heterocycles. The average molecular weight is 169 g/mol. The lowest BCUT2D eigenvalue weighted by molar-refractivity contribution is -0.140. The van der Waals surface area contributed by atoms with Crippen molar-refractivity contribution in [3.05, 3.63) is 12.7 Å². The van der Waals surface area contributed by atoms with Crippen LogP contribution in [-0.4, -0.2) is 48.2 Å². The van der Waals surface area contributed by atoms with Gasteiger partial charge in [-0.2, -0.15) is 0 Å². The van der Waals surface area contributed by atoms with Crippen molar-refractivity contribution in [1.29, 1.82) is 0 Å². The molecule has 1 unspecified atom stereocenters. The molecule has 0 amide bonds. The molecule has 1 aliphatic heterocycles. The van der Waals surface area contributed by atoms with Gasteiger partial charge in [0.1, 0.15) is 6.04 Å². The van der Waals surface area contributed by atoms with Crippen molar-refractivity contribution >= 4 is 5.97 Å². The van der Waals surface area contributed by atoms with Crippen LogP contribution in [0.5, 0.6) is 0 Å². The second kappa shape index (κ2) is 4.23. The predicted octanol–water partition coefficient (Wildman–Crippen LogP) is -0.666. The molecule has 67 valence electrons. The van der Waals surface area contributed by atoms with Gasteiger partial charge in [0.2, 0.25) is 0 Å². The minimum absolute atomic E-state index is 0.446. The zero-order valence-electron chi connectivity index (χ0n) is 6.86. The summed E-state index contributed by atoms with van der Waals surface area (Å²) < 4.78 is 0. The summed E-state index contributed by atoms with van der Waals surface area (Å²) in [7, 11) is 0. The Kier molecular flexibility index (Phi) is 3.25. The molecule has 0 aromatic rings. The number of piperazine rings is 1. The Morgan fingerprint density at radius 2 is 2.58 bits per heavy atom. The van der Waals surface area contributed by atoms with Crippen LogP contribution in [0, 0.1) is 6.58 Å². The highest BCUT2D eigenvalue weighted by atomic mass is 16.4. The van der Waals surface area contributed by atoms with E-state index < -0.39 is 12.0 Å². The Labute approximate surface area is 71.9 Å². The van der Waals surface area contributed by atoms with Gasteiger partial charge < -0.3 is 10.4 Å². The number of rotatable bonds is 3. The fourth-order valence-electron chi connectivity index (χ4n) is 1.29. The first-order chi connectivity index (χ1) is 5.74. The van der Waals surface area contributed by atoms with Crippen molar-refractivity contribution in [1.82, 2.24) is 10.2 Å². The van der Waals surface area contributed by atoms with Crippen LogP contribution < -0.4 is 5.32 Å². The number of aliphatic carboxylic acids is 1. The van der Waals surface area contributed by atoms with Crippen molar-refractivity contribution in [2.75, 3.05) is 26.2 Å². The van der Waals surface area contributed by atoms with Gasteiger partial charge in [0.25, 0.3) is 0 Å². The van der Waals surface area contributed by atoms with E-state index in [1.807, 2.05) is 4.90 Å². The number of carbonyl (C=O) groups is 1. The third-order valence-corrected chi connectivity index (χ3v) is 1.92. The second-order valence-electron chi connectivity index (χ2n) is 2.84. The first-order valence-corrected chi connectivity index (χ1v) is 3.96. The highest BCUT2D eigenvalue weighted by Gasteiger charge is 2.23. The topological polar surface area (TPSA) is 52.6 Å². The third kappa shape index (κ3) is 2.32. The van der Waals surface area contributed by atoms with Crippen LogP contribution in [-0.2, 0) is 4.79 Å². The van der Waals surface area contributed by atoms with E-state index in [2.05, 4.69) is 5.32 Å². The van der Waals surface area contributed by atoms with Gasteiger partial charge in [-0.25, -0.2) is 0 Å². The van der Waals surface area contributed by atoms with Crippen LogP contribution >= 0.6 is 0 Å². The summed E-state index contributed by atoms with van der Waals surface area (Å²) in [5, 5.41) is 11.6. The van der Waals surface area contributed by atoms with Gasteiger partial charge in [0.05, 0.1) is 0 Å². The first kappa shape index (κ1) is 9.22. The maximum Gasteiger partial charge on any atom is 0.322 e. The molecule has 12 heavy (non-hydrogen) atoms. The normalized spacial score (nSPS) is 25.2. The third-order valence-electron chi connectivity index (χ3n) is 1.92. The minimum atomic E-state index is -0.795. The Hall–Kier alpha value is -0.870. The standard InChI is InChI=1S/C8H13N2O2/c1-2-4-10-5-3-9-7(6-10)8(11)12/h1-2,7,9H,3-6H2,(H,11,12). The van der Waals surface area contributed by atoms with Crippen molar-refractivity contribution < 1.29 is 9.90 Å². The lowest BCUT2D eigenvalue weighted by atomic mass is 10.2. The second-order valence-corrected chi connectivity index (χ2v) is 2.84. The smallest absolute Gasteiger partial charge is 0.322 e. The Balaban J connectivity index is 2.39. The largest absolute Gasteiger partial charge is 0.480 e.